The molecule has 1 aromatic heterocycles. The molecule has 0 saturated carbocycles. The molecule has 22 heavy (non-hydrogen) atoms. The summed E-state index contributed by atoms with van der Waals surface area (Å²) in [7, 11) is 0. The Hall–Kier alpha value is -2.63. The minimum Gasteiger partial charge on any atom is -0.481 e. The van der Waals surface area contributed by atoms with Crippen LogP contribution >= 0.6 is 0 Å². The number of carboxylic acid groups (broad SMARTS) is 1. The lowest BCUT2D eigenvalue weighted by atomic mass is 10.1. The number of aliphatic carboxylic acids is 1. The van der Waals surface area contributed by atoms with Crippen LogP contribution in [0, 0.1) is 6.92 Å². The summed E-state index contributed by atoms with van der Waals surface area (Å²) in [6, 6.07) is 9.31. The van der Waals surface area contributed by atoms with Crippen LogP contribution in [0.25, 0.3) is 11.3 Å². The van der Waals surface area contributed by atoms with Gasteiger partial charge in [-0.2, -0.15) is 0 Å². The van der Waals surface area contributed by atoms with Crippen molar-refractivity contribution in [2.45, 2.75) is 26.2 Å². The maximum absolute atomic E-state index is 12.2. The zero-order valence-corrected chi connectivity index (χ0v) is 12.3. The number of nitrogens with one attached hydrogen (secondary N) is 1. The predicted molar refractivity (Wildman–Crippen MR) is 80.5 cm³/mol. The molecule has 0 atom stereocenters. The maximum Gasteiger partial charge on any atom is 0.303 e. The Morgan fingerprint density at radius 2 is 1.95 bits per heavy atom. The molecule has 0 aliphatic rings. The molecule has 1 heterocycles. The third-order valence-corrected chi connectivity index (χ3v) is 3.09. The number of aryl methyl sites for hydroxylation is 1. The molecule has 6 heteroatoms. The van der Waals surface area contributed by atoms with Crippen molar-refractivity contribution in [1.29, 1.82) is 0 Å². The van der Waals surface area contributed by atoms with E-state index in [4.69, 9.17) is 9.52 Å². The van der Waals surface area contributed by atoms with E-state index in [1.54, 1.807) is 6.92 Å². The Morgan fingerprint density at radius 1 is 1.23 bits per heavy atom. The molecule has 2 N–H and O–H groups in total. The lowest BCUT2D eigenvalue weighted by Crippen LogP contribution is -2.25. The summed E-state index contributed by atoms with van der Waals surface area (Å²) in [6.45, 7) is 2.10. The van der Waals surface area contributed by atoms with E-state index in [1.165, 1.54) is 0 Å². The van der Waals surface area contributed by atoms with Crippen LogP contribution in [0.1, 0.15) is 35.6 Å². The van der Waals surface area contributed by atoms with Gasteiger partial charge in [0.25, 0.3) is 5.91 Å². The topological polar surface area (TPSA) is 92.4 Å². The van der Waals surface area contributed by atoms with Gasteiger partial charge in [-0.15, -0.1) is 0 Å². The van der Waals surface area contributed by atoms with E-state index in [-0.39, 0.29) is 18.0 Å². The van der Waals surface area contributed by atoms with Crippen LogP contribution in [0.3, 0.4) is 0 Å². The van der Waals surface area contributed by atoms with E-state index in [9.17, 15) is 9.59 Å². The summed E-state index contributed by atoms with van der Waals surface area (Å²) in [5.41, 5.74) is 1.04. The van der Waals surface area contributed by atoms with Gasteiger partial charge >= 0.3 is 5.97 Å². The fourth-order valence-electron chi connectivity index (χ4n) is 2.05. The smallest absolute Gasteiger partial charge is 0.303 e. The summed E-state index contributed by atoms with van der Waals surface area (Å²) >= 11 is 0. The molecule has 1 amide bonds. The van der Waals surface area contributed by atoms with E-state index < -0.39 is 5.97 Å². The molecule has 116 valence electrons. The molecule has 2 rings (SSSR count). The number of oxazole rings is 1. The van der Waals surface area contributed by atoms with E-state index in [2.05, 4.69) is 10.3 Å². The van der Waals surface area contributed by atoms with Gasteiger partial charge in [0.05, 0.1) is 0 Å². The molecular weight excluding hydrogens is 284 g/mol. The molecule has 2 aromatic rings. The van der Waals surface area contributed by atoms with Crippen molar-refractivity contribution < 1.29 is 19.1 Å². The van der Waals surface area contributed by atoms with Crippen molar-refractivity contribution in [1.82, 2.24) is 10.3 Å². The number of amides is 1. The molecule has 0 aliphatic heterocycles. The number of hydrogen-bond donors (Lipinski definition) is 2. The molecule has 0 unspecified atom stereocenters. The second-order valence-electron chi connectivity index (χ2n) is 4.88. The minimum absolute atomic E-state index is 0.105. The summed E-state index contributed by atoms with van der Waals surface area (Å²) < 4.78 is 5.53. The van der Waals surface area contributed by atoms with Crippen molar-refractivity contribution in [2.75, 3.05) is 6.54 Å². The summed E-state index contributed by atoms with van der Waals surface area (Å²) in [4.78, 5) is 26.8. The number of hydrogen-bond acceptors (Lipinski definition) is 4. The van der Waals surface area contributed by atoms with Gasteiger partial charge in [-0.05, 0) is 12.8 Å². The fraction of sp³-hybridized carbons (Fsp3) is 0.312. The van der Waals surface area contributed by atoms with Crippen molar-refractivity contribution >= 4 is 11.9 Å². The standard InChI is InChI=1S/C16H18N2O4/c1-11-18-14(15(22-11)12-7-3-2-4-8-12)16(21)17-10-6-5-9-13(19)20/h2-4,7-8H,5-6,9-10H2,1H3,(H,17,21)(H,19,20). The van der Waals surface area contributed by atoms with Gasteiger partial charge in [-0.3, -0.25) is 9.59 Å². The number of aromatic nitrogens is 1. The lowest BCUT2D eigenvalue weighted by molar-refractivity contribution is -0.137. The average Bonchev–Trinajstić information content (AvgIpc) is 2.89. The number of unbranched alkanes of at least 4 members (excludes halogenated alkanes) is 1. The highest BCUT2D eigenvalue weighted by atomic mass is 16.4. The minimum atomic E-state index is -0.829. The van der Waals surface area contributed by atoms with E-state index in [0.29, 0.717) is 31.0 Å². The monoisotopic (exact) mass is 302 g/mol. The van der Waals surface area contributed by atoms with E-state index >= 15 is 0 Å². The average molecular weight is 302 g/mol. The molecule has 6 nitrogen and oxygen atoms in total. The Balaban J connectivity index is 2.00. The highest BCUT2D eigenvalue weighted by Gasteiger charge is 2.19. The largest absolute Gasteiger partial charge is 0.481 e. The normalized spacial score (nSPS) is 10.4. The highest BCUT2D eigenvalue weighted by molar-refractivity contribution is 5.97. The van der Waals surface area contributed by atoms with Crippen molar-refractivity contribution in [3.8, 4) is 11.3 Å². The zero-order valence-electron chi connectivity index (χ0n) is 12.3. The number of nitrogens with zero attached hydrogens (tertiary/aromatic N) is 1. The Morgan fingerprint density at radius 3 is 2.64 bits per heavy atom. The van der Waals surface area contributed by atoms with Gasteiger partial charge in [0, 0.05) is 25.5 Å². The lowest BCUT2D eigenvalue weighted by Gasteiger charge is -2.04. The van der Waals surface area contributed by atoms with Gasteiger partial charge in [-0.1, -0.05) is 30.3 Å². The third kappa shape index (κ3) is 4.18. The number of carboxylic acids is 1. The summed E-state index contributed by atoms with van der Waals surface area (Å²) in [5.74, 6) is -0.271. The van der Waals surface area contributed by atoms with Gasteiger partial charge in [0.15, 0.2) is 17.3 Å². The first-order valence-corrected chi connectivity index (χ1v) is 7.11. The number of benzene rings is 1. The fourth-order valence-corrected chi connectivity index (χ4v) is 2.05. The van der Waals surface area contributed by atoms with Crippen LogP contribution in [0.5, 0.6) is 0 Å². The van der Waals surface area contributed by atoms with Gasteiger partial charge in [0.1, 0.15) is 0 Å². The van der Waals surface area contributed by atoms with E-state index in [1.807, 2.05) is 30.3 Å². The first-order chi connectivity index (χ1) is 10.6. The Labute approximate surface area is 128 Å². The molecule has 0 radical (unpaired) electrons. The third-order valence-electron chi connectivity index (χ3n) is 3.09. The van der Waals surface area contributed by atoms with Gasteiger partial charge in [0.2, 0.25) is 0 Å². The SMILES string of the molecule is Cc1nc(C(=O)NCCCCC(=O)O)c(-c2ccccc2)o1. The van der Waals surface area contributed by atoms with E-state index in [0.717, 1.165) is 5.56 Å². The number of carbonyl (C=O) groups excluding carboxylic acids is 1. The molecule has 0 fully saturated rings. The molecule has 0 spiro atoms. The second kappa shape index (κ2) is 7.40. The maximum atomic E-state index is 12.2. The second-order valence-corrected chi connectivity index (χ2v) is 4.88. The molecule has 0 bridgehead atoms. The van der Waals surface area contributed by atoms with Crippen LogP contribution in [0.4, 0.5) is 0 Å². The Kier molecular flexibility index (Phi) is 5.30. The highest BCUT2D eigenvalue weighted by Crippen LogP contribution is 2.24. The number of rotatable bonds is 7. The van der Waals surface area contributed by atoms with Crippen LogP contribution in [0.15, 0.2) is 34.7 Å². The zero-order chi connectivity index (χ0) is 15.9. The van der Waals surface area contributed by atoms with Crippen LogP contribution in [0.2, 0.25) is 0 Å². The van der Waals surface area contributed by atoms with Gasteiger partial charge in [-0.25, -0.2) is 4.98 Å². The summed E-state index contributed by atoms with van der Waals surface area (Å²) in [5, 5.41) is 11.3. The van der Waals surface area contributed by atoms with Crippen molar-refractivity contribution in [2.24, 2.45) is 0 Å². The van der Waals surface area contributed by atoms with Gasteiger partial charge < -0.3 is 14.8 Å². The number of carbonyl (C=O) groups is 2. The van der Waals surface area contributed by atoms with Crippen LogP contribution < -0.4 is 5.32 Å². The summed E-state index contributed by atoms with van der Waals surface area (Å²) in [6.07, 6.45) is 1.24. The first-order valence-electron chi connectivity index (χ1n) is 7.11. The molecule has 1 aromatic carbocycles. The predicted octanol–water partition coefficient (Wildman–Crippen LogP) is 2.63. The Bertz CT molecular complexity index is 649. The quantitative estimate of drug-likeness (QED) is 0.767. The molecular formula is C16H18N2O4. The molecule has 0 aliphatic carbocycles. The first kappa shape index (κ1) is 15.8. The van der Waals surface area contributed by atoms with Crippen molar-refractivity contribution in [3.05, 3.63) is 41.9 Å². The van der Waals surface area contributed by atoms with Crippen LogP contribution in [-0.2, 0) is 4.79 Å². The van der Waals surface area contributed by atoms with Crippen molar-refractivity contribution in [3.63, 3.8) is 0 Å². The molecule has 0 saturated heterocycles. The van der Waals surface area contributed by atoms with Crippen LogP contribution in [-0.4, -0.2) is 28.5 Å².